The minimum absolute atomic E-state index is 0.288. The molecular formula is C19H15N3O2S2. The molecule has 0 spiro atoms. The third kappa shape index (κ3) is 4.25. The Balaban J connectivity index is 1.74. The van der Waals surface area contributed by atoms with Crippen molar-refractivity contribution in [3.8, 4) is 0 Å². The van der Waals surface area contributed by atoms with E-state index >= 15 is 0 Å². The van der Waals surface area contributed by atoms with Gasteiger partial charge in [0.05, 0.1) is 4.91 Å². The number of nitrogens with one attached hydrogen (secondary N) is 1. The van der Waals surface area contributed by atoms with Gasteiger partial charge >= 0.3 is 0 Å². The summed E-state index contributed by atoms with van der Waals surface area (Å²) in [6, 6.07) is 12.9. The van der Waals surface area contributed by atoms with Crippen LogP contribution in [0.4, 0.5) is 0 Å². The van der Waals surface area contributed by atoms with E-state index in [4.69, 9.17) is 12.2 Å². The maximum atomic E-state index is 12.6. The van der Waals surface area contributed by atoms with Gasteiger partial charge in [-0.3, -0.25) is 20.0 Å². The fraction of sp³-hybridized carbons (Fsp3) is 0.0526. The van der Waals surface area contributed by atoms with Crippen molar-refractivity contribution in [2.24, 2.45) is 0 Å². The van der Waals surface area contributed by atoms with Crippen molar-refractivity contribution in [1.82, 2.24) is 15.4 Å². The number of thioether (sulfide) groups is 1. The number of benzene rings is 1. The lowest BCUT2D eigenvalue weighted by Crippen LogP contribution is -2.44. The van der Waals surface area contributed by atoms with Crippen LogP contribution in [0, 0.1) is 0 Å². The number of amides is 2. The van der Waals surface area contributed by atoms with Crippen LogP contribution in [0.3, 0.4) is 0 Å². The SMILES string of the molecule is CC(=C/c1ccccc1)/C=C1\SC(=S)N(NC(=O)c2ccncc2)C1=O. The molecule has 1 aromatic carbocycles. The van der Waals surface area contributed by atoms with E-state index in [0.29, 0.717) is 10.5 Å². The molecular weight excluding hydrogens is 366 g/mol. The predicted molar refractivity (Wildman–Crippen MR) is 107 cm³/mol. The standard InChI is InChI=1S/C19H15N3O2S2/c1-13(11-14-5-3-2-4-6-14)12-16-18(24)22(19(25)26-16)21-17(23)15-7-9-20-10-8-15/h2-12H,1H3,(H,21,23)/b13-11-,16-12-. The number of carbonyl (C=O) groups excluding carboxylic acids is 2. The van der Waals surface area contributed by atoms with Gasteiger partial charge in [-0.1, -0.05) is 48.2 Å². The molecule has 1 aromatic heterocycles. The summed E-state index contributed by atoms with van der Waals surface area (Å²) >= 11 is 6.39. The Bertz CT molecular complexity index is 909. The summed E-state index contributed by atoms with van der Waals surface area (Å²) in [6.45, 7) is 1.91. The van der Waals surface area contributed by atoms with E-state index in [1.54, 1.807) is 18.2 Å². The van der Waals surface area contributed by atoms with Crippen molar-refractivity contribution >= 4 is 46.2 Å². The number of nitrogens with zero attached hydrogens (tertiary/aromatic N) is 2. The van der Waals surface area contributed by atoms with Crippen LogP contribution < -0.4 is 5.43 Å². The quantitative estimate of drug-likeness (QED) is 0.648. The summed E-state index contributed by atoms with van der Waals surface area (Å²) in [5, 5.41) is 1.10. The topological polar surface area (TPSA) is 62.3 Å². The zero-order valence-electron chi connectivity index (χ0n) is 13.9. The normalized spacial score (nSPS) is 16.3. The summed E-state index contributed by atoms with van der Waals surface area (Å²) in [5.41, 5.74) is 4.90. The zero-order chi connectivity index (χ0) is 18.5. The fourth-order valence-electron chi connectivity index (χ4n) is 2.29. The molecule has 26 heavy (non-hydrogen) atoms. The summed E-state index contributed by atoms with van der Waals surface area (Å²) in [5.74, 6) is -0.760. The summed E-state index contributed by atoms with van der Waals surface area (Å²) in [4.78, 5) is 29.1. The Hall–Kier alpha value is -2.77. The van der Waals surface area contributed by atoms with E-state index in [9.17, 15) is 9.59 Å². The second-order valence-corrected chi connectivity index (χ2v) is 7.17. The molecule has 0 unspecified atom stereocenters. The monoisotopic (exact) mass is 381 g/mol. The highest BCUT2D eigenvalue weighted by Crippen LogP contribution is 2.31. The van der Waals surface area contributed by atoms with Gasteiger partial charge in [0.15, 0.2) is 4.32 Å². The Morgan fingerprint density at radius 3 is 2.58 bits per heavy atom. The average molecular weight is 381 g/mol. The number of hydrazine groups is 1. The first kappa shape index (κ1) is 18.0. The first-order valence-electron chi connectivity index (χ1n) is 7.77. The molecule has 130 valence electrons. The second kappa shape index (κ2) is 8.07. The van der Waals surface area contributed by atoms with Crippen LogP contribution in [0.2, 0.25) is 0 Å². The largest absolute Gasteiger partial charge is 0.285 e. The number of pyridine rings is 1. The highest BCUT2D eigenvalue weighted by atomic mass is 32.2. The molecule has 0 bridgehead atoms. The molecule has 7 heteroatoms. The van der Waals surface area contributed by atoms with Gasteiger partial charge in [-0.25, -0.2) is 0 Å². The van der Waals surface area contributed by atoms with Crippen molar-refractivity contribution in [3.05, 3.63) is 82.5 Å². The van der Waals surface area contributed by atoms with Gasteiger partial charge in [0.1, 0.15) is 0 Å². The van der Waals surface area contributed by atoms with Crippen LogP contribution in [0.25, 0.3) is 6.08 Å². The third-order valence-electron chi connectivity index (χ3n) is 3.50. The highest BCUT2D eigenvalue weighted by Gasteiger charge is 2.33. The lowest BCUT2D eigenvalue weighted by Gasteiger charge is -2.15. The van der Waals surface area contributed by atoms with Crippen LogP contribution in [0.15, 0.2) is 71.4 Å². The molecule has 3 rings (SSSR count). The maximum absolute atomic E-state index is 12.6. The Labute approximate surface area is 160 Å². The van der Waals surface area contributed by atoms with E-state index in [-0.39, 0.29) is 10.2 Å². The van der Waals surface area contributed by atoms with Gasteiger partial charge in [0.25, 0.3) is 11.8 Å². The molecule has 2 aromatic rings. The van der Waals surface area contributed by atoms with Gasteiger partial charge in [0, 0.05) is 18.0 Å². The number of rotatable bonds is 4. The number of allylic oxidation sites excluding steroid dienone is 2. The van der Waals surface area contributed by atoms with Crippen molar-refractivity contribution in [2.75, 3.05) is 0 Å². The second-order valence-electron chi connectivity index (χ2n) is 5.49. The molecule has 5 nitrogen and oxygen atoms in total. The van der Waals surface area contributed by atoms with Crippen LogP contribution in [0.5, 0.6) is 0 Å². The molecule has 1 aliphatic rings. The molecule has 0 saturated carbocycles. The summed E-state index contributed by atoms with van der Waals surface area (Å²) in [7, 11) is 0. The molecule has 1 N–H and O–H groups in total. The highest BCUT2D eigenvalue weighted by molar-refractivity contribution is 8.26. The molecule has 0 aliphatic carbocycles. The number of carbonyl (C=O) groups is 2. The Morgan fingerprint density at radius 1 is 1.19 bits per heavy atom. The zero-order valence-corrected chi connectivity index (χ0v) is 15.5. The molecule has 1 saturated heterocycles. The van der Waals surface area contributed by atoms with Gasteiger partial charge in [-0.2, -0.15) is 5.01 Å². The molecule has 1 aliphatic heterocycles. The number of hydrogen-bond donors (Lipinski definition) is 1. The van der Waals surface area contributed by atoms with Crippen LogP contribution in [0.1, 0.15) is 22.8 Å². The lowest BCUT2D eigenvalue weighted by molar-refractivity contribution is -0.123. The van der Waals surface area contributed by atoms with E-state index in [2.05, 4.69) is 10.4 Å². The Kier molecular flexibility index (Phi) is 5.60. The minimum atomic E-state index is -0.415. The average Bonchev–Trinajstić information content (AvgIpc) is 2.90. The number of aromatic nitrogens is 1. The van der Waals surface area contributed by atoms with E-state index in [0.717, 1.165) is 27.9 Å². The van der Waals surface area contributed by atoms with Crippen LogP contribution in [-0.4, -0.2) is 26.1 Å². The molecule has 1 fully saturated rings. The van der Waals surface area contributed by atoms with Crippen LogP contribution >= 0.6 is 24.0 Å². The fourth-order valence-corrected chi connectivity index (χ4v) is 3.52. The smallest absolute Gasteiger partial charge is 0.267 e. The van der Waals surface area contributed by atoms with Gasteiger partial charge in [0.2, 0.25) is 0 Å². The molecule has 0 radical (unpaired) electrons. The van der Waals surface area contributed by atoms with Crippen LogP contribution in [-0.2, 0) is 4.79 Å². The lowest BCUT2D eigenvalue weighted by atomic mass is 10.1. The van der Waals surface area contributed by atoms with Crippen molar-refractivity contribution in [1.29, 1.82) is 0 Å². The van der Waals surface area contributed by atoms with Crippen molar-refractivity contribution in [3.63, 3.8) is 0 Å². The maximum Gasteiger partial charge on any atom is 0.285 e. The van der Waals surface area contributed by atoms with Gasteiger partial charge in [-0.05, 0) is 48.5 Å². The molecule has 2 heterocycles. The first-order chi connectivity index (χ1) is 12.5. The van der Waals surface area contributed by atoms with Crippen molar-refractivity contribution < 1.29 is 9.59 Å². The third-order valence-corrected chi connectivity index (χ3v) is 4.80. The van der Waals surface area contributed by atoms with Gasteiger partial charge in [-0.15, -0.1) is 0 Å². The predicted octanol–water partition coefficient (Wildman–Crippen LogP) is 3.57. The van der Waals surface area contributed by atoms with E-state index < -0.39 is 5.91 Å². The van der Waals surface area contributed by atoms with E-state index in [1.165, 1.54) is 12.4 Å². The number of thiocarbonyl (C=S) groups is 1. The first-order valence-corrected chi connectivity index (χ1v) is 8.99. The number of hydrogen-bond acceptors (Lipinski definition) is 5. The molecule has 2 amide bonds. The van der Waals surface area contributed by atoms with Gasteiger partial charge < -0.3 is 0 Å². The summed E-state index contributed by atoms with van der Waals surface area (Å²) < 4.78 is 0.288. The van der Waals surface area contributed by atoms with E-state index in [1.807, 2.05) is 43.3 Å². The van der Waals surface area contributed by atoms with Crippen molar-refractivity contribution in [2.45, 2.75) is 6.92 Å². The minimum Gasteiger partial charge on any atom is -0.267 e. The Morgan fingerprint density at radius 2 is 1.88 bits per heavy atom. The molecule has 0 atom stereocenters. The summed E-state index contributed by atoms with van der Waals surface area (Å²) in [6.07, 6.45) is 6.76.